The van der Waals surface area contributed by atoms with Gasteiger partial charge in [0.05, 0.1) is 19.4 Å². The van der Waals surface area contributed by atoms with Crippen molar-refractivity contribution in [3.05, 3.63) is 88.1 Å². The molecule has 0 aliphatic rings. The number of furan rings is 1. The van der Waals surface area contributed by atoms with E-state index in [1.54, 1.807) is 59.7 Å². The number of halogens is 2. The van der Waals surface area contributed by atoms with Crippen molar-refractivity contribution in [1.29, 1.82) is 0 Å². The zero-order valence-corrected chi connectivity index (χ0v) is 15.6. The molecule has 136 valence electrons. The van der Waals surface area contributed by atoms with E-state index in [1.807, 2.05) is 6.07 Å². The highest BCUT2D eigenvalue weighted by molar-refractivity contribution is 6.31. The van der Waals surface area contributed by atoms with Crippen LogP contribution >= 0.6 is 23.2 Å². The quantitative estimate of drug-likeness (QED) is 0.439. The molecule has 0 N–H and O–H groups in total. The average molecular weight is 401 g/mol. The summed E-state index contributed by atoms with van der Waals surface area (Å²) < 4.78 is 11.2. The Morgan fingerprint density at radius 3 is 2.63 bits per heavy atom. The summed E-state index contributed by atoms with van der Waals surface area (Å²) >= 11 is 12.0. The van der Waals surface area contributed by atoms with Crippen LogP contribution in [0, 0.1) is 0 Å². The molecule has 0 saturated heterocycles. The lowest BCUT2D eigenvalue weighted by molar-refractivity contribution is 0.0702. The predicted molar refractivity (Wildman–Crippen MR) is 103 cm³/mol. The molecule has 0 atom stereocenters. The topological polar surface area (TPSA) is 59.5 Å². The average Bonchev–Trinajstić information content (AvgIpc) is 3.29. The van der Waals surface area contributed by atoms with Gasteiger partial charge in [-0.25, -0.2) is 4.98 Å². The van der Waals surface area contributed by atoms with Crippen molar-refractivity contribution in [2.45, 2.75) is 13.1 Å². The van der Waals surface area contributed by atoms with E-state index in [4.69, 9.17) is 32.0 Å². The van der Waals surface area contributed by atoms with Gasteiger partial charge in [-0.05, 0) is 48.5 Å². The molecule has 27 heavy (non-hydrogen) atoms. The molecule has 1 amide bonds. The van der Waals surface area contributed by atoms with E-state index in [0.717, 1.165) is 0 Å². The molecule has 0 radical (unpaired) electrons. The van der Waals surface area contributed by atoms with Crippen LogP contribution in [0.2, 0.25) is 10.0 Å². The van der Waals surface area contributed by atoms with Gasteiger partial charge in [0.2, 0.25) is 5.89 Å². The lowest BCUT2D eigenvalue weighted by Crippen LogP contribution is -2.30. The first-order valence-electron chi connectivity index (χ1n) is 8.21. The normalized spacial score (nSPS) is 11.0. The monoisotopic (exact) mass is 400 g/mol. The molecule has 0 spiro atoms. The zero-order valence-electron chi connectivity index (χ0n) is 14.1. The van der Waals surface area contributed by atoms with E-state index in [9.17, 15) is 4.79 Å². The maximum absolute atomic E-state index is 13.0. The molecular formula is C20H14Cl2N2O3. The van der Waals surface area contributed by atoms with Gasteiger partial charge >= 0.3 is 0 Å². The number of hydrogen-bond donors (Lipinski definition) is 0. The van der Waals surface area contributed by atoms with Gasteiger partial charge in [-0.1, -0.05) is 29.3 Å². The summed E-state index contributed by atoms with van der Waals surface area (Å²) in [7, 11) is 0. The molecule has 0 fully saturated rings. The van der Waals surface area contributed by atoms with Gasteiger partial charge in [-0.2, -0.15) is 0 Å². The van der Waals surface area contributed by atoms with E-state index in [-0.39, 0.29) is 19.0 Å². The van der Waals surface area contributed by atoms with Crippen molar-refractivity contribution in [1.82, 2.24) is 9.88 Å². The highest BCUT2D eigenvalue weighted by Gasteiger charge is 2.20. The van der Waals surface area contributed by atoms with Crippen LogP contribution in [0.25, 0.3) is 11.1 Å². The molecular weight excluding hydrogens is 387 g/mol. The fourth-order valence-corrected chi connectivity index (χ4v) is 3.13. The van der Waals surface area contributed by atoms with Crippen LogP contribution in [-0.4, -0.2) is 15.8 Å². The van der Waals surface area contributed by atoms with Crippen LogP contribution in [0.1, 0.15) is 22.0 Å². The smallest absolute Gasteiger partial charge is 0.254 e. The first kappa shape index (κ1) is 17.6. The van der Waals surface area contributed by atoms with Crippen LogP contribution in [0.5, 0.6) is 0 Å². The first-order valence-corrected chi connectivity index (χ1v) is 8.96. The fourth-order valence-electron chi connectivity index (χ4n) is 2.77. The number of fused-ring (bicyclic) bond motifs is 1. The van der Waals surface area contributed by atoms with Crippen molar-refractivity contribution in [2.24, 2.45) is 0 Å². The molecule has 7 heteroatoms. The Labute approximate surface area is 165 Å². The molecule has 2 aromatic carbocycles. The zero-order chi connectivity index (χ0) is 18.8. The van der Waals surface area contributed by atoms with Crippen LogP contribution in [0.3, 0.4) is 0 Å². The number of hydrogen-bond acceptors (Lipinski definition) is 4. The van der Waals surface area contributed by atoms with Crippen molar-refractivity contribution >= 4 is 40.2 Å². The van der Waals surface area contributed by atoms with Crippen LogP contribution in [-0.2, 0) is 13.1 Å². The molecule has 2 heterocycles. The minimum absolute atomic E-state index is 0.179. The number of benzene rings is 2. The number of carbonyl (C=O) groups excluding carboxylic acids is 1. The van der Waals surface area contributed by atoms with Gasteiger partial charge in [0, 0.05) is 15.6 Å². The summed E-state index contributed by atoms with van der Waals surface area (Å²) in [5.41, 5.74) is 1.74. The third kappa shape index (κ3) is 3.99. The second-order valence-electron chi connectivity index (χ2n) is 5.97. The lowest BCUT2D eigenvalue weighted by atomic mass is 10.2. The van der Waals surface area contributed by atoms with Crippen LogP contribution in [0.15, 0.2) is 69.7 Å². The number of nitrogens with zero attached hydrogens (tertiary/aromatic N) is 2. The molecule has 0 unspecified atom stereocenters. The van der Waals surface area contributed by atoms with E-state index in [0.29, 0.717) is 38.4 Å². The molecule has 4 aromatic rings. The fraction of sp³-hybridized carbons (Fsp3) is 0.100. The number of oxazole rings is 1. The largest absolute Gasteiger partial charge is 0.467 e. The summed E-state index contributed by atoms with van der Waals surface area (Å²) in [5, 5.41) is 1.07. The molecule has 0 aliphatic heterocycles. The molecule has 0 bridgehead atoms. The van der Waals surface area contributed by atoms with Gasteiger partial charge in [-0.3, -0.25) is 4.79 Å². The molecule has 2 aromatic heterocycles. The number of carbonyl (C=O) groups is 1. The SMILES string of the molecule is O=C(c1cccc(Cl)c1)N(Cc1ccco1)Cc1nc2cc(Cl)ccc2o1. The minimum atomic E-state index is -0.200. The minimum Gasteiger partial charge on any atom is -0.467 e. The predicted octanol–water partition coefficient (Wildman–Crippen LogP) is 5.57. The Morgan fingerprint density at radius 1 is 1.00 bits per heavy atom. The van der Waals surface area contributed by atoms with Gasteiger partial charge < -0.3 is 13.7 Å². The van der Waals surface area contributed by atoms with Gasteiger partial charge in [0.1, 0.15) is 11.3 Å². The van der Waals surface area contributed by atoms with Crippen molar-refractivity contribution < 1.29 is 13.6 Å². The third-order valence-corrected chi connectivity index (χ3v) is 4.48. The van der Waals surface area contributed by atoms with Crippen molar-refractivity contribution in [3.63, 3.8) is 0 Å². The second-order valence-corrected chi connectivity index (χ2v) is 6.84. The molecule has 0 saturated carbocycles. The molecule has 4 rings (SSSR count). The summed E-state index contributed by atoms with van der Waals surface area (Å²) in [4.78, 5) is 19.1. The van der Waals surface area contributed by atoms with E-state index in [1.165, 1.54) is 0 Å². The van der Waals surface area contributed by atoms with E-state index < -0.39 is 0 Å². The lowest BCUT2D eigenvalue weighted by Gasteiger charge is -2.20. The van der Waals surface area contributed by atoms with E-state index in [2.05, 4.69) is 4.98 Å². The van der Waals surface area contributed by atoms with Gasteiger partial charge in [0.25, 0.3) is 5.91 Å². The Kier molecular flexibility index (Phi) is 4.88. The number of rotatable bonds is 5. The molecule has 5 nitrogen and oxygen atoms in total. The second kappa shape index (κ2) is 7.47. The Balaban J connectivity index is 1.65. The summed E-state index contributed by atoms with van der Waals surface area (Å²) in [6.07, 6.45) is 1.57. The van der Waals surface area contributed by atoms with Crippen LogP contribution in [0.4, 0.5) is 0 Å². The van der Waals surface area contributed by atoms with Crippen molar-refractivity contribution in [2.75, 3.05) is 0 Å². The Bertz CT molecular complexity index is 1090. The summed E-state index contributed by atoms with van der Waals surface area (Å²) in [6, 6.07) is 15.6. The van der Waals surface area contributed by atoms with Gasteiger partial charge in [-0.15, -0.1) is 0 Å². The number of amides is 1. The Morgan fingerprint density at radius 2 is 1.85 bits per heavy atom. The van der Waals surface area contributed by atoms with Crippen LogP contribution < -0.4 is 0 Å². The maximum Gasteiger partial charge on any atom is 0.254 e. The third-order valence-electron chi connectivity index (χ3n) is 4.01. The summed E-state index contributed by atoms with van der Waals surface area (Å²) in [6.45, 7) is 0.455. The number of aromatic nitrogens is 1. The maximum atomic E-state index is 13.0. The highest BCUT2D eigenvalue weighted by atomic mass is 35.5. The molecule has 0 aliphatic carbocycles. The summed E-state index contributed by atoms with van der Waals surface area (Å²) in [5.74, 6) is 0.868. The van der Waals surface area contributed by atoms with E-state index >= 15 is 0 Å². The highest BCUT2D eigenvalue weighted by Crippen LogP contribution is 2.22. The standard InChI is InChI=1S/C20H14Cl2N2O3/c21-14-4-1-3-13(9-14)20(25)24(11-16-5-2-8-26-16)12-19-23-17-10-15(22)6-7-18(17)27-19/h1-10H,11-12H2. The van der Waals surface area contributed by atoms with Gasteiger partial charge in [0.15, 0.2) is 5.58 Å². The Hall–Kier alpha value is -2.76. The first-order chi connectivity index (χ1) is 13.1. The van der Waals surface area contributed by atoms with Crippen molar-refractivity contribution in [3.8, 4) is 0 Å².